The summed E-state index contributed by atoms with van der Waals surface area (Å²) < 4.78 is 12.3. The van der Waals surface area contributed by atoms with Crippen LogP contribution in [0.1, 0.15) is 30.6 Å². The van der Waals surface area contributed by atoms with Gasteiger partial charge in [-0.2, -0.15) is 10.1 Å². The van der Waals surface area contributed by atoms with Gasteiger partial charge in [0.25, 0.3) is 0 Å². The standard InChI is InChI=1S/C13H20N6O2/c1-20-8-4-12-16-13(21-17-12)11-3-2-5-18(11)6-7-19-10-14-9-15-19/h9-11H,2-8H2,1H3/t11-/m0/s1. The second kappa shape index (κ2) is 6.77. The third-order valence-electron chi connectivity index (χ3n) is 3.75. The fraction of sp³-hybridized carbons (Fsp3) is 0.692. The van der Waals surface area contributed by atoms with Crippen LogP contribution < -0.4 is 0 Å². The minimum Gasteiger partial charge on any atom is -0.384 e. The highest BCUT2D eigenvalue weighted by molar-refractivity contribution is 4.97. The number of nitrogens with zero attached hydrogens (tertiary/aromatic N) is 6. The van der Waals surface area contributed by atoms with Crippen LogP contribution >= 0.6 is 0 Å². The SMILES string of the molecule is COCCc1noc([C@@H]2CCCN2CCn2cncn2)n1. The van der Waals surface area contributed by atoms with Gasteiger partial charge in [0.05, 0.1) is 19.2 Å². The molecule has 1 atom stereocenters. The average Bonchev–Trinajstić information content (AvgIpc) is 3.22. The monoisotopic (exact) mass is 292 g/mol. The van der Waals surface area contributed by atoms with Crippen molar-refractivity contribution in [2.24, 2.45) is 0 Å². The van der Waals surface area contributed by atoms with E-state index in [4.69, 9.17) is 9.26 Å². The van der Waals surface area contributed by atoms with Crippen LogP contribution in [0.15, 0.2) is 17.2 Å². The van der Waals surface area contributed by atoms with Crippen LogP contribution in [0.5, 0.6) is 0 Å². The van der Waals surface area contributed by atoms with Crippen molar-refractivity contribution >= 4 is 0 Å². The summed E-state index contributed by atoms with van der Waals surface area (Å²) in [6, 6.07) is 0.220. The highest BCUT2D eigenvalue weighted by Crippen LogP contribution is 2.30. The highest BCUT2D eigenvalue weighted by Gasteiger charge is 2.30. The average molecular weight is 292 g/mol. The topological polar surface area (TPSA) is 82.1 Å². The van der Waals surface area contributed by atoms with E-state index in [2.05, 4.69) is 25.1 Å². The molecule has 0 saturated carbocycles. The molecule has 0 bridgehead atoms. The molecular formula is C13H20N6O2. The molecule has 0 aromatic carbocycles. The van der Waals surface area contributed by atoms with Crippen molar-refractivity contribution in [3.63, 3.8) is 0 Å². The summed E-state index contributed by atoms with van der Waals surface area (Å²) in [6.07, 6.45) is 6.19. The number of rotatable bonds is 7. The van der Waals surface area contributed by atoms with Gasteiger partial charge < -0.3 is 9.26 Å². The van der Waals surface area contributed by atoms with Gasteiger partial charge in [0, 0.05) is 20.1 Å². The number of likely N-dealkylation sites (tertiary alicyclic amines) is 1. The van der Waals surface area contributed by atoms with Crippen LogP contribution in [0.3, 0.4) is 0 Å². The summed E-state index contributed by atoms with van der Waals surface area (Å²) in [5, 5.41) is 8.15. The Labute approximate surface area is 123 Å². The lowest BCUT2D eigenvalue weighted by Crippen LogP contribution is -2.27. The van der Waals surface area contributed by atoms with E-state index in [1.54, 1.807) is 19.8 Å². The van der Waals surface area contributed by atoms with Gasteiger partial charge in [0.2, 0.25) is 5.89 Å². The van der Waals surface area contributed by atoms with E-state index < -0.39 is 0 Å². The molecule has 0 unspecified atom stereocenters. The molecule has 0 N–H and O–H groups in total. The van der Waals surface area contributed by atoms with Crippen LogP contribution in [0, 0.1) is 0 Å². The predicted molar refractivity (Wildman–Crippen MR) is 73.4 cm³/mol. The van der Waals surface area contributed by atoms with Crippen LogP contribution in [0.4, 0.5) is 0 Å². The maximum atomic E-state index is 5.42. The number of methoxy groups -OCH3 is 1. The number of ether oxygens (including phenoxy) is 1. The Kier molecular flexibility index (Phi) is 4.56. The van der Waals surface area contributed by atoms with Crippen molar-refractivity contribution in [2.75, 3.05) is 26.8 Å². The van der Waals surface area contributed by atoms with Crippen molar-refractivity contribution in [3.05, 3.63) is 24.4 Å². The minimum atomic E-state index is 0.220. The molecule has 2 aromatic rings. The third kappa shape index (κ3) is 3.45. The lowest BCUT2D eigenvalue weighted by atomic mass is 10.2. The van der Waals surface area contributed by atoms with Crippen molar-refractivity contribution < 1.29 is 9.26 Å². The Bertz CT molecular complexity index is 541. The van der Waals surface area contributed by atoms with Gasteiger partial charge >= 0.3 is 0 Å². The van der Waals surface area contributed by atoms with Crippen LogP contribution in [-0.2, 0) is 17.7 Å². The Morgan fingerprint density at radius 1 is 1.43 bits per heavy atom. The molecule has 0 spiro atoms. The first-order chi connectivity index (χ1) is 10.4. The van der Waals surface area contributed by atoms with E-state index in [0.717, 1.165) is 44.2 Å². The van der Waals surface area contributed by atoms with Crippen molar-refractivity contribution in [1.82, 2.24) is 29.8 Å². The molecule has 1 aliphatic rings. The maximum absolute atomic E-state index is 5.42. The molecule has 1 fully saturated rings. The van der Waals surface area contributed by atoms with Crippen molar-refractivity contribution in [1.29, 1.82) is 0 Å². The molecule has 2 aromatic heterocycles. The van der Waals surface area contributed by atoms with Crippen LogP contribution in [0.2, 0.25) is 0 Å². The third-order valence-corrected chi connectivity index (χ3v) is 3.75. The zero-order chi connectivity index (χ0) is 14.5. The van der Waals surface area contributed by atoms with E-state index in [1.807, 2.05) is 4.68 Å². The van der Waals surface area contributed by atoms with E-state index in [0.29, 0.717) is 13.0 Å². The molecule has 114 valence electrons. The first kappa shape index (κ1) is 14.2. The van der Waals surface area contributed by atoms with Gasteiger partial charge in [-0.15, -0.1) is 0 Å². The van der Waals surface area contributed by atoms with E-state index in [9.17, 15) is 0 Å². The molecular weight excluding hydrogens is 272 g/mol. The molecule has 0 amide bonds. The van der Waals surface area contributed by atoms with Crippen molar-refractivity contribution in [3.8, 4) is 0 Å². The Balaban J connectivity index is 1.59. The van der Waals surface area contributed by atoms with Gasteiger partial charge in [0.1, 0.15) is 12.7 Å². The molecule has 8 heteroatoms. The van der Waals surface area contributed by atoms with Crippen LogP contribution in [-0.4, -0.2) is 56.6 Å². The first-order valence-electron chi connectivity index (χ1n) is 7.24. The fourth-order valence-corrected chi connectivity index (χ4v) is 2.65. The molecule has 3 rings (SSSR count). The molecule has 0 aliphatic carbocycles. The van der Waals surface area contributed by atoms with Gasteiger partial charge in [-0.1, -0.05) is 5.16 Å². The summed E-state index contributed by atoms with van der Waals surface area (Å²) in [7, 11) is 1.67. The zero-order valence-corrected chi connectivity index (χ0v) is 12.2. The molecule has 3 heterocycles. The first-order valence-corrected chi connectivity index (χ1v) is 7.24. The molecule has 1 saturated heterocycles. The Morgan fingerprint density at radius 2 is 2.38 bits per heavy atom. The minimum absolute atomic E-state index is 0.220. The lowest BCUT2D eigenvalue weighted by molar-refractivity contribution is 0.196. The summed E-state index contributed by atoms with van der Waals surface area (Å²) in [5.41, 5.74) is 0. The maximum Gasteiger partial charge on any atom is 0.243 e. The zero-order valence-electron chi connectivity index (χ0n) is 12.2. The summed E-state index contributed by atoms with van der Waals surface area (Å²) in [5.74, 6) is 1.44. The van der Waals surface area contributed by atoms with Gasteiger partial charge in [0.15, 0.2) is 5.82 Å². The van der Waals surface area contributed by atoms with Crippen LogP contribution in [0.25, 0.3) is 0 Å². The Morgan fingerprint density at radius 3 is 3.19 bits per heavy atom. The number of aromatic nitrogens is 5. The summed E-state index contributed by atoms with van der Waals surface area (Å²) in [6.45, 7) is 3.39. The van der Waals surface area contributed by atoms with Gasteiger partial charge in [-0.05, 0) is 19.4 Å². The molecule has 8 nitrogen and oxygen atoms in total. The molecule has 21 heavy (non-hydrogen) atoms. The van der Waals surface area contributed by atoms with Crippen molar-refractivity contribution in [2.45, 2.75) is 31.8 Å². The fourth-order valence-electron chi connectivity index (χ4n) is 2.65. The van der Waals surface area contributed by atoms with E-state index in [-0.39, 0.29) is 6.04 Å². The Hall–Kier alpha value is -1.80. The predicted octanol–water partition coefficient (Wildman–Crippen LogP) is 0.687. The smallest absolute Gasteiger partial charge is 0.243 e. The van der Waals surface area contributed by atoms with E-state index >= 15 is 0 Å². The van der Waals surface area contributed by atoms with E-state index in [1.165, 1.54) is 0 Å². The largest absolute Gasteiger partial charge is 0.384 e. The quantitative estimate of drug-likeness (QED) is 0.742. The number of hydrogen-bond acceptors (Lipinski definition) is 7. The second-order valence-corrected chi connectivity index (χ2v) is 5.14. The normalized spacial score (nSPS) is 19.4. The summed E-state index contributed by atoms with van der Waals surface area (Å²) >= 11 is 0. The lowest BCUT2D eigenvalue weighted by Gasteiger charge is -2.20. The van der Waals surface area contributed by atoms with Gasteiger partial charge in [-0.25, -0.2) is 4.98 Å². The summed E-state index contributed by atoms with van der Waals surface area (Å²) in [4.78, 5) is 10.8. The van der Waals surface area contributed by atoms with Gasteiger partial charge in [-0.3, -0.25) is 9.58 Å². The molecule has 0 radical (unpaired) electrons. The molecule has 1 aliphatic heterocycles. The number of hydrogen-bond donors (Lipinski definition) is 0. The highest BCUT2D eigenvalue weighted by atomic mass is 16.5. The second-order valence-electron chi connectivity index (χ2n) is 5.14.